The van der Waals surface area contributed by atoms with Crippen LogP contribution in [-0.2, 0) is 4.79 Å². The van der Waals surface area contributed by atoms with Gasteiger partial charge in [0.05, 0.1) is 17.7 Å². The van der Waals surface area contributed by atoms with Gasteiger partial charge < -0.3 is 14.7 Å². The molecule has 2 aromatic carbocycles. The molecule has 3 rings (SSSR count). The highest BCUT2D eigenvalue weighted by molar-refractivity contribution is 8.18. The van der Waals surface area contributed by atoms with E-state index in [1.165, 1.54) is 16.8 Å². The Balaban J connectivity index is 1.85. The SMILES string of the molecule is CCN=C1S/C(=C/c2ccc(O)c(OCC)c2)C(=O)N1/N=C\c1ccc(N(C)C)cc1. The Kier molecular flexibility index (Phi) is 7.36. The van der Waals surface area contributed by atoms with E-state index in [4.69, 9.17) is 4.74 Å². The Morgan fingerprint density at radius 2 is 1.84 bits per heavy atom. The number of carbonyl (C=O) groups is 1. The first-order valence-corrected chi connectivity index (χ1v) is 10.8. The van der Waals surface area contributed by atoms with E-state index in [0.29, 0.717) is 29.0 Å². The van der Waals surface area contributed by atoms with E-state index >= 15 is 0 Å². The van der Waals surface area contributed by atoms with Crippen molar-refractivity contribution in [3.63, 3.8) is 0 Å². The maximum atomic E-state index is 13.0. The van der Waals surface area contributed by atoms with Crippen molar-refractivity contribution in [2.45, 2.75) is 13.8 Å². The zero-order chi connectivity index (χ0) is 22.4. The summed E-state index contributed by atoms with van der Waals surface area (Å²) < 4.78 is 5.43. The molecule has 0 bridgehead atoms. The molecule has 8 heteroatoms. The molecule has 1 amide bonds. The lowest BCUT2D eigenvalue weighted by molar-refractivity contribution is -0.122. The largest absolute Gasteiger partial charge is 0.504 e. The summed E-state index contributed by atoms with van der Waals surface area (Å²) >= 11 is 1.27. The summed E-state index contributed by atoms with van der Waals surface area (Å²) in [5.74, 6) is 0.198. The quantitative estimate of drug-likeness (QED) is 0.518. The highest BCUT2D eigenvalue weighted by atomic mass is 32.2. The molecule has 0 unspecified atom stereocenters. The van der Waals surface area contributed by atoms with E-state index in [2.05, 4.69) is 10.1 Å². The lowest BCUT2D eigenvalue weighted by atomic mass is 10.2. The molecule has 1 heterocycles. The lowest BCUT2D eigenvalue weighted by Crippen LogP contribution is -2.23. The Labute approximate surface area is 186 Å². The van der Waals surface area contributed by atoms with Crippen LogP contribution in [0.5, 0.6) is 11.5 Å². The zero-order valence-corrected chi connectivity index (χ0v) is 18.9. The van der Waals surface area contributed by atoms with Gasteiger partial charge in [-0.15, -0.1) is 0 Å². The summed E-state index contributed by atoms with van der Waals surface area (Å²) in [5.41, 5.74) is 2.72. The smallest absolute Gasteiger partial charge is 0.287 e. The number of carbonyl (C=O) groups excluding carboxylic acids is 1. The molecule has 0 aromatic heterocycles. The summed E-state index contributed by atoms with van der Waals surface area (Å²) in [6.07, 6.45) is 3.40. The first-order valence-electron chi connectivity index (χ1n) is 9.98. The molecule has 1 saturated heterocycles. The maximum Gasteiger partial charge on any atom is 0.287 e. The summed E-state index contributed by atoms with van der Waals surface area (Å²) in [5, 5.41) is 16.1. The highest BCUT2D eigenvalue weighted by Crippen LogP contribution is 2.34. The molecule has 0 atom stereocenters. The van der Waals surface area contributed by atoms with Gasteiger partial charge in [0.25, 0.3) is 5.91 Å². The Bertz CT molecular complexity index is 1030. The minimum absolute atomic E-state index is 0.0640. The molecule has 1 aliphatic heterocycles. The third-order valence-corrected chi connectivity index (χ3v) is 5.39. The standard InChI is InChI=1S/C23H26N4O3S/c1-5-24-23-27(25-15-16-7-10-18(11-8-16)26(3)4)22(29)21(31-23)14-17-9-12-19(28)20(13-17)30-6-2/h7-15,28H,5-6H2,1-4H3/b21-14+,24-23?,25-15-. The zero-order valence-electron chi connectivity index (χ0n) is 18.1. The van der Waals surface area contributed by atoms with Gasteiger partial charge in [-0.05, 0) is 67.1 Å². The van der Waals surface area contributed by atoms with E-state index in [1.807, 2.05) is 57.1 Å². The third-order valence-electron chi connectivity index (χ3n) is 4.39. The number of hydrogen-bond acceptors (Lipinski definition) is 7. The molecule has 0 spiro atoms. The van der Waals surface area contributed by atoms with Crippen LogP contribution in [0, 0.1) is 0 Å². The van der Waals surface area contributed by atoms with E-state index in [-0.39, 0.29) is 11.7 Å². The number of hydrazone groups is 1. The van der Waals surface area contributed by atoms with Gasteiger partial charge in [0.15, 0.2) is 16.7 Å². The van der Waals surface area contributed by atoms with Crippen LogP contribution in [0.15, 0.2) is 57.5 Å². The third kappa shape index (κ3) is 5.46. The molecule has 31 heavy (non-hydrogen) atoms. The molecule has 0 aliphatic carbocycles. The predicted molar refractivity (Wildman–Crippen MR) is 128 cm³/mol. The number of phenols is 1. The number of anilines is 1. The van der Waals surface area contributed by atoms with Gasteiger partial charge in [-0.3, -0.25) is 9.79 Å². The number of amides is 1. The second-order valence-electron chi connectivity index (χ2n) is 6.88. The summed E-state index contributed by atoms with van der Waals surface area (Å²) in [6.45, 7) is 4.74. The van der Waals surface area contributed by atoms with Gasteiger partial charge in [0.2, 0.25) is 0 Å². The fraction of sp³-hybridized carbons (Fsp3) is 0.261. The van der Waals surface area contributed by atoms with Crippen LogP contribution < -0.4 is 9.64 Å². The van der Waals surface area contributed by atoms with Gasteiger partial charge in [0, 0.05) is 26.3 Å². The van der Waals surface area contributed by atoms with Crippen molar-refractivity contribution in [3.8, 4) is 11.5 Å². The van der Waals surface area contributed by atoms with Gasteiger partial charge >= 0.3 is 0 Å². The fourth-order valence-corrected chi connectivity index (χ4v) is 3.81. The second-order valence-corrected chi connectivity index (χ2v) is 7.88. The topological polar surface area (TPSA) is 77.7 Å². The van der Waals surface area contributed by atoms with Crippen LogP contribution in [0.25, 0.3) is 6.08 Å². The number of rotatable bonds is 7. The van der Waals surface area contributed by atoms with Crippen LogP contribution in [-0.4, -0.2) is 54.7 Å². The van der Waals surface area contributed by atoms with Crippen LogP contribution in [0.1, 0.15) is 25.0 Å². The monoisotopic (exact) mass is 438 g/mol. The van der Waals surface area contributed by atoms with E-state index in [9.17, 15) is 9.90 Å². The van der Waals surface area contributed by atoms with Gasteiger partial charge in [0.1, 0.15) is 0 Å². The van der Waals surface area contributed by atoms with Crippen molar-refractivity contribution >= 4 is 40.8 Å². The van der Waals surface area contributed by atoms with Crippen molar-refractivity contribution < 1.29 is 14.6 Å². The molecule has 162 valence electrons. The normalized spacial score (nSPS) is 16.6. The molecule has 2 aromatic rings. The summed E-state index contributed by atoms with van der Waals surface area (Å²) in [4.78, 5) is 19.9. The van der Waals surface area contributed by atoms with E-state index in [1.54, 1.807) is 30.5 Å². The number of phenolic OH excluding ortho intramolecular Hbond substituents is 1. The average Bonchev–Trinajstić information content (AvgIpc) is 3.04. The fourth-order valence-electron chi connectivity index (χ4n) is 2.83. The van der Waals surface area contributed by atoms with Crippen LogP contribution >= 0.6 is 11.8 Å². The van der Waals surface area contributed by atoms with E-state index in [0.717, 1.165) is 16.8 Å². The minimum Gasteiger partial charge on any atom is -0.504 e. The van der Waals surface area contributed by atoms with Gasteiger partial charge in [-0.1, -0.05) is 18.2 Å². The summed E-state index contributed by atoms with van der Waals surface area (Å²) in [6, 6.07) is 12.9. The minimum atomic E-state index is -0.246. The number of hydrogen-bond donors (Lipinski definition) is 1. The van der Waals surface area contributed by atoms with E-state index < -0.39 is 0 Å². The molecule has 1 fully saturated rings. The molecule has 7 nitrogen and oxygen atoms in total. The maximum absolute atomic E-state index is 13.0. The molecule has 1 N–H and O–H groups in total. The first kappa shape index (κ1) is 22.4. The van der Waals surface area contributed by atoms with Crippen molar-refractivity contribution in [2.24, 2.45) is 10.1 Å². The van der Waals surface area contributed by atoms with Crippen LogP contribution in [0.3, 0.4) is 0 Å². The predicted octanol–water partition coefficient (Wildman–Crippen LogP) is 4.18. The van der Waals surface area contributed by atoms with Gasteiger partial charge in [-0.2, -0.15) is 10.1 Å². The Morgan fingerprint density at radius 1 is 1.13 bits per heavy atom. The van der Waals surface area contributed by atoms with Crippen molar-refractivity contribution in [3.05, 3.63) is 58.5 Å². The molecule has 0 saturated carbocycles. The summed E-state index contributed by atoms with van der Waals surface area (Å²) in [7, 11) is 3.96. The average molecular weight is 439 g/mol. The number of benzene rings is 2. The first-order chi connectivity index (χ1) is 14.9. The number of thioether (sulfide) groups is 1. The molecular weight excluding hydrogens is 412 g/mol. The molecule has 1 aliphatic rings. The number of amidine groups is 1. The van der Waals surface area contributed by atoms with Crippen molar-refractivity contribution in [2.75, 3.05) is 32.1 Å². The number of nitrogens with zero attached hydrogens (tertiary/aromatic N) is 4. The van der Waals surface area contributed by atoms with Gasteiger partial charge in [-0.25, -0.2) is 0 Å². The Hall–Kier alpha value is -3.26. The number of aliphatic imine (C=N–C) groups is 1. The molecule has 0 radical (unpaired) electrons. The highest BCUT2D eigenvalue weighted by Gasteiger charge is 2.33. The Morgan fingerprint density at radius 3 is 2.48 bits per heavy atom. The molecular formula is C23H26N4O3S. The second kappa shape index (κ2) is 10.2. The number of ether oxygens (including phenoxy) is 1. The van der Waals surface area contributed by atoms with Crippen molar-refractivity contribution in [1.82, 2.24) is 5.01 Å². The van der Waals surface area contributed by atoms with Crippen molar-refractivity contribution in [1.29, 1.82) is 0 Å². The number of aromatic hydroxyl groups is 1. The van der Waals surface area contributed by atoms with Crippen LogP contribution in [0.2, 0.25) is 0 Å². The van der Waals surface area contributed by atoms with Crippen LogP contribution in [0.4, 0.5) is 5.69 Å². The lowest BCUT2D eigenvalue weighted by Gasteiger charge is -2.12.